The molecule has 0 bridgehead atoms. The van der Waals surface area contributed by atoms with Gasteiger partial charge in [0.1, 0.15) is 0 Å². The van der Waals surface area contributed by atoms with Gasteiger partial charge in [-0.3, -0.25) is 19.9 Å². The molecule has 136 valence electrons. The van der Waals surface area contributed by atoms with Gasteiger partial charge in [0, 0.05) is 30.0 Å². The van der Waals surface area contributed by atoms with Crippen molar-refractivity contribution < 1.29 is 26.7 Å². The van der Waals surface area contributed by atoms with Crippen molar-refractivity contribution in [2.24, 2.45) is 4.99 Å². The number of carbonyl (C=O) groups excluding carboxylic acids is 1. The zero-order valence-corrected chi connectivity index (χ0v) is 16.3. The SMILES string of the molecule is O=C(CN(Cc1ccccc1)C1=NCCS1)c1cccc([N+](=O)[O-])c1.[Br-]. The van der Waals surface area contributed by atoms with E-state index in [1.165, 1.54) is 18.2 Å². The summed E-state index contributed by atoms with van der Waals surface area (Å²) in [5, 5.41) is 11.8. The molecule has 1 heterocycles. The highest BCUT2D eigenvalue weighted by Gasteiger charge is 2.21. The molecule has 0 radical (unpaired) electrons. The van der Waals surface area contributed by atoms with E-state index < -0.39 is 4.92 Å². The first-order chi connectivity index (χ1) is 12.1. The molecule has 0 atom stereocenters. The molecule has 6 nitrogen and oxygen atoms in total. The van der Waals surface area contributed by atoms with Crippen LogP contribution in [-0.4, -0.2) is 39.6 Å². The minimum atomic E-state index is -0.491. The number of nitro benzene ring substituents is 1. The van der Waals surface area contributed by atoms with Crippen molar-refractivity contribution in [3.05, 3.63) is 75.8 Å². The maximum absolute atomic E-state index is 12.6. The molecule has 0 saturated heterocycles. The number of hydrogen-bond acceptors (Lipinski definition) is 6. The first kappa shape index (κ1) is 20.1. The van der Waals surface area contributed by atoms with Crippen LogP contribution in [-0.2, 0) is 6.54 Å². The summed E-state index contributed by atoms with van der Waals surface area (Å²) in [6.07, 6.45) is 0. The zero-order valence-electron chi connectivity index (χ0n) is 13.9. The highest BCUT2D eigenvalue weighted by Crippen LogP contribution is 2.20. The number of carbonyl (C=O) groups is 1. The molecule has 0 unspecified atom stereocenters. The van der Waals surface area contributed by atoms with Crippen molar-refractivity contribution in [2.75, 3.05) is 18.8 Å². The van der Waals surface area contributed by atoms with Crippen LogP contribution in [0.5, 0.6) is 0 Å². The lowest BCUT2D eigenvalue weighted by molar-refractivity contribution is -0.384. The second-order valence-electron chi connectivity index (χ2n) is 5.59. The van der Waals surface area contributed by atoms with Crippen LogP contribution >= 0.6 is 11.8 Å². The van der Waals surface area contributed by atoms with Crippen molar-refractivity contribution >= 4 is 28.4 Å². The van der Waals surface area contributed by atoms with Crippen molar-refractivity contribution in [3.63, 3.8) is 0 Å². The van der Waals surface area contributed by atoms with Crippen molar-refractivity contribution in [1.29, 1.82) is 0 Å². The van der Waals surface area contributed by atoms with E-state index in [2.05, 4.69) is 4.99 Å². The summed E-state index contributed by atoms with van der Waals surface area (Å²) in [6, 6.07) is 15.7. The molecule has 0 fully saturated rings. The van der Waals surface area contributed by atoms with Crippen molar-refractivity contribution in [1.82, 2.24) is 4.90 Å². The summed E-state index contributed by atoms with van der Waals surface area (Å²) in [5.74, 6) is 0.751. The van der Waals surface area contributed by atoms with Gasteiger partial charge in [-0.25, -0.2) is 0 Å². The van der Waals surface area contributed by atoms with Gasteiger partial charge in [-0.05, 0) is 5.56 Å². The molecular formula is C18H17BrN3O3S-. The molecule has 26 heavy (non-hydrogen) atoms. The average molecular weight is 435 g/mol. The monoisotopic (exact) mass is 434 g/mol. The number of thioether (sulfide) groups is 1. The maximum Gasteiger partial charge on any atom is 0.270 e. The molecule has 2 aromatic rings. The topological polar surface area (TPSA) is 75.8 Å². The molecule has 1 aliphatic rings. The Labute approximate surface area is 166 Å². The first-order valence-electron chi connectivity index (χ1n) is 7.87. The fraction of sp³-hybridized carbons (Fsp3) is 0.222. The van der Waals surface area contributed by atoms with E-state index in [0.29, 0.717) is 12.1 Å². The lowest BCUT2D eigenvalue weighted by Crippen LogP contribution is -3.00. The lowest BCUT2D eigenvalue weighted by atomic mass is 10.1. The van der Waals surface area contributed by atoms with Crippen LogP contribution < -0.4 is 17.0 Å². The molecular weight excluding hydrogens is 418 g/mol. The van der Waals surface area contributed by atoms with Crippen molar-refractivity contribution in [2.45, 2.75) is 6.54 Å². The third-order valence-corrected chi connectivity index (χ3v) is 4.80. The van der Waals surface area contributed by atoms with Gasteiger partial charge in [0.15, 0.2) is 11.0 Å². The molecule has 2 aromatic carbocycles. The van der Waals surface area contributed by atoms with Crippen LogP contribution in [0.25, 0.3) is 0 Å². The molecule has 8 heteroatoms. The standard InChI is InChI=1S/C18H17N3O3S.BrH/c22-17(15-7-4-8-16(11-15)21(23)24)13-20(18-19-9-10-25-18)12-14-5-2-1-3-6-14;/h1-8,11H,9-10,12-13H2;1H/p-1. The van der Waals surface area contributed by atoms with Gasteiger partial charge >= 0.3 is 0 Å². The summed E-state index contributed by atoms with van der Waals surface area (Å²) >= 11 is 1.63. The highest BCUT2D eigenvalue weighted by molar-refractivity contribution is 8.14. The maximum atomic E-state index is 12.6. The molecule has 0 N–H and O–H groups in total. The van der Waals surface area contributed by atoms with E-state index in [9.17, 15) is 14.9 Å². The fourth-order valence-electron chi connectivity index (χ4n) is 2.57. The number of nitro groups is 1. The first-order valence-corrected chi connectivity index (χ1v) is 8.86. The van der Waals surface area contributed by atoms with E-state index in [1.807, 2.05) is 35.2 Å². The van der Waals surface area contributed by atoms with Crippen molar-refractivity contribution in [3.8, 4) is 0 Å². The van der Waals surface area contributed by atoms with Crippen LogP contribution in [0, 0.1) is 10.1 Å². The Morgan fingerprint density at radius 1 is 1.19 bits per heavy atom. The van der Waals surface area contributed by atoms with Gasteiger partial charge in [0.25, 0.3) is 5.69 Å². The Morgan fingerprint density at radius 3 is 2.62 bits per heavy atom. The molecule has 0 saturated carbocycles. The summed E-state index contributed by atoms with van der Waals surface area (Å²) < 4.78 is 0. The van der Waals surface area contributed by atoms with E-state index in [-0.39, 0.29) is 35.0 Å². The van der Waals surface area contributed by atoms with E-state index in [1.54, 1.807) is 17.8 Å². The Hall–Kier alpha value is -2.19. The third kappa shape index (κ3) is 5.15. The molecule has 0 amide bonds. The van der Waals surface area contributed by atoms with Gasteiger partial charge in [-0.2, -0.15) is 0 Å². The summed E-state index contributed by atoms with van der Waals surface area (Å²) in [7, 11) is 0. The minimum Gasteiger partial charge on any atom is -1.00 e. The number of halogens is 1. The Morgan fingerprint density at radius 2 is 1.96 bits per heavy atom. The second-order valence-corrected chi connectivity index (χ2v) is 6.65. The molecule has 0 aliphatic carbocycles. The number of benzene rings is 2. The van der Waals surface area contributed by atoms with Gasteiger partial charge in [0.05, 0.1) is 18.0 Å². The Bertz CT molecular complexity index is 814. The van der Waals surface area contributed by atoms with Gasteiger partial charge in [-0.15, -0.1) is 0 Å². The number of rotatable bonds is 6. The van der Waals surface area contributed by atoms with Crippen LogP contribution in [0.2, 0.25) is 0 Å². The van der Waals surface area contributed by atoms with Gasteiger partial charge in [0.2, 0.25) is 0 Å². The number of Topliss-reactive ketones (excluding diaryl/α,β-unsaturated/α-hetero) is 1. The predicted octanol–water partition coefficient (Wildman–Crippen LogP) is 0.387. The fourth-order valence-corrected chi connectivity index (χ4v) is 3.43. The van der Waals surface area contributed by atoms with Crippen LogP contribution in [0.15, 0.2) is 59.6 Å². The number of hydrogen-bond donors (Lipinski definition) is 0. The largest absolute Gasteiger partial charge is 1.00 e. The molecule has 0 spiro atoms. The van der Waals surface area contributed by atoms with Gasteiger partial charge in [-0.1, -0.05) is 54.2 Å². The van der Waals surface area contributed by atoms with E-state index in [0.717, 1.165) is 23.0 Å². The number of aliphatic imine (C=N–C) groups is 1. The Kier molecular flexibility index (Phi) is 7.35. The number of ketones is 1. The highest BCUT2D eigenvalue weighted by atomic mass is 79.9. The average Bonchev–Trinajstić information content (AvgIpc) is 3.17. The van der Waals surface area contributed by atoms with E-state index in [4.69, 9.17) is 0 Å². The predicted molar refractivity (Wildman–Crippen MR) is 99.0 cm³/mol. The summed E-state index contributed by atoms with van der Waals surface area (Å²) in [4.78, 5) is 29.5. The smallest absolute Gasteiger partial charge is 0.270 e. The van der Waals surface area contributed by atoms with Gasteiger partial charge < -0.3 is 21.9 Å². The quantitative estimate of drug-likeness (QED) is 0.373. The van der Waals surface area contributed by atoms with Crippen LogP contribution in [0.3, 0.4) is 0 Å². The van der Waals surface area contributed by atoms with Crippen LogP contribution in [0.1, 0.15) is 15.9 Å². The number of amidine groups is 1. The molecule has 1 aliphatic heterocycles. The lowest BCUT2D eigenvalue weighted by Gasteiger charge is -2.23. The van der Waals surface area contributed by atoms with Crippen LogP contribution in [0.4, 0.5) is 5.69 Å². The zero-order chi connectivity index (χ0) is 17.6. The number of non-ortho nitro benzene ring substituents is 1. The number of nitrogens with zero attached hydrogens (tertiary/aromatic N) is 3. The molecule has 0 aromatic heterocycles. The normalized spacial score (nSPS) is 12.8. The third-order valence-electron chi connectivity index (χ3n) is 3.77. The summed E-state index contributed by atoms with van der Waals surface area (Å²) in [6.45, 7) is 1.46. The summed E-state index contributed by atoms with van der Waals surface area (Å²) in [5.41, 5.74) is 1.36. The Balaban J connectivity index is 0.00000243. The molecule has 3 rings (SSSR count). The minimum absolute atomic E-state index is 0. The van der Waals surface area contributed by atoms with E-state index >= 15 is 0 Å². The second kappa shape index (κ2) is 9.49.